The van der Waals surface area contributed by atoms with Crippen LogP contribution in [0, 0.1) is 0 Å². The van der Waals surface area contributed by atoms with E-state index in [1.807, 2.05) is 38.1 Å². The lowest BCUT2D eigenvalue weighted by atomic mass is 10.1. The van der Waals surface area contributed by atoms with Crippen LogP contribution in [0.4, 0.5) is 5.69 Å². The highest BCUT2D eigenvalue weighted by Crippen LogP contribution is 2.17. The zero-order valence-corrected chi connectivity index (χ0v) is 11.8. The van der Waals surface area contributed by atoms with Crippen LogP contribution in [0.1, 0.15) is 32.4 Å². The van der Waals surface area contributed by atoms with Crippen molar-refractivity contribution in [1.82, 2.24) is 10.6 Å². The summed E-state index contributed by atoms with van der Waals surface area (Å²) in [7, 11) is 1.61. The van der Waals surface area contributed by atoms with Gasteiger partial charge in [0.1, 0.15) is 0 Å². The van der Waals surface area contributed by atoms with E-state index in [0.29, 0.717) is 0 Å². The summed E-state index contributed by atoms with van der Waals surface area (Å²) >= 11 is 0. The quantitative estimate of drug-likeness (QED) is 0.752. The number of rotatable bonds is 5. The lowest BCUT2D eigenvalue weighted by Crippen LogP contribution is -2.41. The third kappa shape index (κ3) is 4.71. The Labute approximate surface area is 113 Å². The SMILES string of the molecule is CNC(=O)C(C)NC(C)c1cccc(NC(C)=O)c1. The molecule has 2 amide bonds. The van der Waals surface area contributed by atoms with Gasteiger partial charge in [0.2, 0.25) is 11.8 Å². The topological polar surface area (TPSA) is 70.2 Å². The van der Waals surface area contributed by atoms with Gasteiger partial charge in [0, 0.05) is 25.7 Å². The first-order valence-electron chi connectivity index (χ1n) is 6.29. The summed E-state index contributed by atoms with van der Waals surface area (Å²) < 4.78 is 0. The Bertz CT molecular complexity index is 460. The molecule has 0 saturated heterocycles. The van der Waals surface area contributed by atoms with Crippen molar-refractivity contribution in [3.63, 3.8) is 0 Å². The summed E-state index contributed by atoms with van der Waals surface area (Å²) in [5.74, 6) is -0.152. The maximum absolute atomic E-state index is 11.5. The first-order chi connectivity index (χ1) is 8.93. The number of hydrogen-bond acceptors (Lipinski definition) is 3. The van der Waals surface area contributed by atoms with E-state index in [9.17, 15) is 9.59 Å². The van der Waals surface area contributed by atoms with E-state index >= 15 is 0 Å². The number of amides is 2. The maximum Gasteiger partial charge on any atom is 0.236 e. The number of carbonyl (C=O) groups excluding carboxylic acids is 2. The zero-order valence-electron chi connectivity index (χ0n) is 11.8. The molecule has 0 aromatic heterocycles. The fraction of sp³-hybridized carbons (Fsp3) is 0.429. The minimum absolute atomic E-state index is 0.0148. The van der Waals surface area contributed by atoms with E-state index in [-0.39, 0.29) is 23.9 Å². The van der Waals surface area contributed by atoms with Gasteiger partial charge in [-0.3, -0.25) is 14.9 Å². The third-order valence-electron chi connectivity index (χ3n) is 2.85. The van der Waals surface area contributed by atoms with Crippen LogP contribution in [-0.2, 0) is 9.59 Å². The summed E-state index contributed by atoms with van der Waals surface area (Å²) in [6.07, 6.45) is 0. The molecular formula is C14H21N3O2. The molecule has 0 saturated carbocycles. The van der Waals surface area contributed by atoms with Crippen LogP contribution in [0.3, 0.4) is 0 Å². The van der Waals surface area contributed by atoms with Crippen molar-refractivity contribution in [2.75, 3.05) is 12.4 Å². The van der Waals surface area contributed by atoms with Gasteiger partial charge in [0.25, 0.3) is 0 Å². The second kappa shape index (κ2) is 6.89. The van der Waals surface area contributed by atoms with Gasteiger partial charge < -0.3 is 10.6 Å². The number of carbonyl (C=O) groups is 2. The molecular weight excluding hydrogens is 242 g/mol. The van der Waals surface area contributed by atoms with Gasteiger partial charge in [-0.25, -0.2) is 0 Å². The number of anilines is 1. The predicted octanol–water partition coefficient (Wildman–Crippen LogP) is 1.43. The number of likely N-dealkylation sites (N-methyl/N-ethyl adjacent to an activating group) is 1. The van der Waals surface area contributed by atoms with Gasteiger partial charge in [0.15, 0.2) is 0 Å². The van der Waals surface area contributed by atoms with Gasteiger partial charge in [-0.2, -0.15) is 0 Å². The number of benzene rings is 1. The monoisotopic (exact) mass is 263 g/mol. The molecule has 5 nitrogen and oxygen atoms in total. The van der Waals surface area contributed by atoms with E-state index in [2.05, 4.69) is 16.0 Å². The van der Waals surface area contributed by atoms with E-state index < -0.39 is 0 Å². The fourth-order valence-corrected chi connectivity index (χ4v) is 1.85. The zero-order chi connectivity index (χ0) is 14.4. The van der Waals surface area contributed by atoms with Crippen molar-refractivity contribution in [3.05, 3.63) is 29.8 Å². The highest BCUT2D eigenvalue weighted by Gasteiger charge is 2.15. The average Bonchev–Trinajstić information content (AvgIpc) is 2.37. The third-order valence-corrected chi connectivity index (χ3v) is 2.85. The fourth-order valence-electron chi connectivity index (χ4n) is 1.85. The van der Waals surface area contributed by atoms with E-state index in [1.165, 1.54) is 6.92 Å². The maximum atomic E-state index is 11.5. The highest BCUT2D eigenvalue weighted by molar-refractivity contribution is 5.88. The number of hydrogen-bond donors (Lipinski definition) is 3. The lowest BCUT2D eigenvalue weighted by Gasteiger charge is -2.19. The summed E-state index contributed by atoms with van der Waals surface area (Å²) in [6, 6.07) is 7.31. The Morgan fingerprint density at radius 1 is 1.21 bits per heavy atom. The molecule has 3 N–H and O–H groups in total. The molecule has 0 heterocycles. The van der Waals surface area contributed by atoms with Crippen LogP contribution >= 0.6 is 0 Å². The molecule has 2 atom stereocenters. The Morgan fingerprint density at radius 2 is 1.89 bits per heavy atom. The van der Waals surface area contributed by atoms with Crippen LogP contribution in [0.25, 0.3) is 0 Å². The van der Waals surface area contributed by atoms with Crippen molar-refractivity contribution >= 4 is 17.5 Å². The molecule has 2 unspecified atom stereocenters. The molecule has 1 rings (SSSR count). The summed E-state index contributed by atoms with van der Waals surface area (Å²) in [6.45, 7) is 5.27. The molecule has 5 heteroatoms. The highest BCUT2D eigenvalue weighted by atomic mass is 16.2. The lowest BCUT2D eigenvalue weighted by molar-refractivity contribution is -0.122. The molecule has 0 aliphatic heterocycles. The van der Waals surface area contributed by atoms with Crippen LogP contribution in [0.5, 0.6) is 0 Å². The Hall–Kier alpha value is -1.88. The molecule has 0 aliphatic carbocycles. The molecule has 0 spiro atoms. The molecule has 104 valence electrons. The first-order valence-corrected chi connectivity index (χ1v) is 6.29. The minimum Gasteiger partial charge on any atom is -0.358 e. The summed E-state index contributed by atoms with van der Waals surface area (Å²) in [5.41, 5.74) is 1.77. The Kier molecular flexibility index (Phi) is 5.51. The Morgan fingerprint density at radius 3 is 2.47 bits per heavy atom. The standard InChI is InChI=1S/C14H21N3O2/c1-9(16-10(2)14(19)15-4)12-6-5-7-13(8-12)17-11(3)18/h5-10,16H,1-4H3,(H,15,19)(H,17,18). The molecule has 0 aliphatic rings. The second-order valence-corrected chi connectivity index (χ2v) is 4.53. The molecule has 19 heavy (non-hydrogen) atoms. The van der Waals surface area contributed by atoms with Crippen molar-refractivity contribution in [2.24, 2.45) is 0 Å². The van der Waals surface area contributed by atoms with Crippen LogP contribution in [-0.4, -0.2) is 24.9 Å². The van der Waals surface area contributed by atoms with Gasteiger partial charge in [-0.15, -0.1) is 0 Å². The van der Waals surface area contributed by atoms with Crippen molar-refractivity contribution in [1.29, 1.82) is 0 Å². The van der Waals surface area contributed by atoms with Crippen LogP contribution in [0.15, 0.2) is 24.3 Å². The van der Waals surface area contributed by atoms with Gasteiger partial charge >= 0.3 is 0 Å². The van der Waals surface area contributed by atoms with Gasteiger partial charge in [-0.05, 0) is 31.5 Å². The van der Waals surface area contributed by atoms with E-state index in [0.717, 1.165) is 11.3 Å². The largest absolute Gasteiger partial charge is 0.358 e. The minimum atomic E-state index is -0.274. The van der Waals surface area contributed by atoms with E-state index in [1.54, 1.807) is 7.05 Å². The van der Waals surface area contributed by atoms with Gasteiger partial charge in [-0.1, -0.05) is 12.1 Å². The van der Waals surface area contributed by atoms with Crippen molar-refractivity contribution in [3.8, 4) is 0 Å². The second-order valence-electron chi connectivity index (χ2n) is 4.53. The molecule has 0 radical (unpaired) electrons. The van der Waals surface area contributed by atoms with E-state index in [4.69, 9.17) is 0 Å². The smallest absolute Gasteiger partial charge is 0.236 e. The van der Waals surface area contributed by atoms with Crippen molar-refractivity contribution in [2.45, 2.75) is 32.9 Å². The summed E-state index contributed by atoms with van der Waals surface area (Å²) in [4.78, 5) is 22.5. The average molecular weight is 263 g/mol. The first kappa shape index (κ1) is 15.2. The van der Waals surface area contributed by atoms with Crippen LogP contribution < -0.4 is 16.0 Å². The van der Waals surface area contributed by atoms with Crippen LogP contribution in [0.2, 0.25) is 0 Å². The number of nitrogens with one attached hydrogen (secondary N) is 3. The normalized spacial score (nSPS) is 13.5. The molecule has 0 bridgehead atoms. The predicted molar refractivity (Wildman–Crippen MR) is 75.8 cm³/mol. The molecule has 1 aromatic carbocycles. The van der Waals surface area contributed by atoms with Crippen molar-refractivity contribution < 1.29 is 9.59 Å². The van der Waals surface area contributed by atoms with Gasteiger partial charge in [0.05, 0.1) is 6.04 Å². The Balaban J connectivity index is 2.73. The molecule has 0 fully saturated rings. The summed E-state index contributed by atoms with van der Waals surface area (Å²) in [5, 5.41) is 8.54. The molecule has 1 aromatic rings.